The maximum absolute atomic E-state index is 11.3. The first-order chi connectivity index (χ1) is 5.23. The fourth-order valence-corrected chi connectivity index (χ4v) is 2.28. The van der Waals surface area contributed by atoms with Gasteiger partial charge in [0.1, 0.15) is 0 Å². The Bertz CT molecular complexity index is 188. The number of carbonyl (C=O) groups excluding carboxylic acids is 1. The minimum Gasteiger partial charge on any atom is -0.465 e. The molecule has 0 bridgehead atoms. The van der Waals surface area contributed by atoms with Gasteiger partial charge in [-0.15, -0.1) is 0 Å². The Kier molecular flexibility index (Phi) is 1.44. The summed E-state index contributed by atoms with van der Waals surface area (Å²) in [6.45, 7) is 2.74. The van der Waals surface area contributed by atoms with Gasteiger partial charge in [0.2, 0.25) is 0 Å². The fourth-order valence-electron chi connectivity index (χ4n) is 2.28. The molecule has 0 aromatic rings. The second-order valence-electron chi connectivity index (χ2n) is 3.96. The van der Waals surface area contributed by atoms with Gasteiger partial charge in [-0.1, -0.05) is 12.8 Å². The molecule has 2 fully saturated rings. The van der Waals surface area contributed by atoms with Crippen molar-refractivity contribution in [3.63, 3.8) is 0 Å². The molecule has 0 spiro atoms. The molecule has 1 aliphatic heterocycles. The Morgan fingerprint density at radius 1 is 1.55 bits per heavy atom. The molecule has 1 heterocycles. The van der Waals surface area contributed by atoms with Crippen molar-refractivity contribution in [1.29, 1.82) is 0 Å². The molecule has 62 valence electrons. The number of ether oxygens (including phenoxy) is 1. The number of cyclic esters (lactones) is 1. The summed E-state index contributed by atoms with van der Waals surface area (Å²) in [4.78, 5) is 11.3. The van der Waals surface area contributed by atoms with E-state index < -0.39 is 0 Å². The van der Waals surface area contributed by atoms with E-state index in [0.29, 0.717) is 12.5 Å². The van der Waals surface area contributed by atoms with Gasteiger partial charge in [0, 0.05) is 5.92 Å². The lowest BCUT2D eigenvalue weighted by molar-refractivity contribution is -0.146. The lowest BCUT2D eigenvalue weighted by Gasteiger charge is -2.30. The largest absolute Gasteiger partial charge is 0.465 e. The smallest absolute Gasteiger partial charge is 0.312 e. The second-order valence-corrected chi connectivity index (χ2v) is 3.96. The third-order valence-electron chi connectivity index (χ3n) is 3.28. The minimum atomic E-state index is -0.113. The van der Waals surface area contributed by atoms with Gasteiger partial charge in [-0.3, -0.25) is 4.79 Å². The van der Waals surface area contributed by atoms with Crippen molar-refractivity contribution in [2.75, 3.05) is 6.61 Å². The Hall–Kier alpha value is -0.530. The maximum atomic E-state index is 11.3. The third kappa shape index (κ3) is 0.883. The number of carbonyl (C=O) groups is 1. The quantitative estimate of drug-likeness (QED) is 0.497. The van der Waals surface area contributed by atoms with Crippen LogP contribution < -0.4 is 0 Å². The number of hydrogen-bond donors (Lipinski definition) is 0. The molecule has 0 N–H and O–H groups in total. The lowest BCUT2D eigenvalue weighted by Crippen LogP contribution is -2.32. The average Bonchev–Trinajstić information content (AvgIpc) is 2.29. The minimum absolute atomic E-state index is 0.0437. The summed E-state index contributed by atoms with van der Waals surface area (Å²) in [6.07, 6.45) is 4.69. The second kappa shape index (κ2) is 2.23. The molecule has 1 saturated heterocycles. The van der Waals surface area contributed by atoms with E-state index in [1.165, 1.54) is 19.3 Å². The molecule has 0 aromatic carbocycles. The van der Waals surface area contributed by atoms with Crippen molar-refractivity contribution in [2.45, 2.75) is 32.6 Å². The van der Waals surface area contributed by atoms with Gasteiger partial charge in [0.05, 0.1) is 12.0 Å². The Balaban J connectivity index is 2.23. The number of rotatable bonds is 0. The highest BCUT2D eigenvalue weighted by Gasteiger charge is 2.49. The van der Waals surface area contributed by atoms with E-state index in [-0.39, 0.29) is 11.4 Å². The van der Waals surface area contributed by atoms with Crippen LogP contribution in [0.2, 0.25) is 0 Å². The first-order valence-electron chi connectivity index (χ1n) is 4.41. The van der Waals surface area contributed by atoms with Crippen LogP contribution in [0.3, 0.4) is 0 Å². The molecule has 0 amide bonds. The van der Waals surface area contributed by atoms with Crippen LogP contribution in [0.25, 0.3) is 0 Å². The monoisotopic (exact) mass is 154 g/mol. The molecule has 1 saturated carbocycles. The zero-order valence-electron chi connectivity index (χ0n) is 6.93. The van der Waals surface area contributed by atoms with Gasteiger partial charge in [-0.2, -0.15) is 0 Å². The van der Waals surface area contributed by atoms with Gasteiger partial charge in [0.25, 0.3) is 0 Å². The van der Waals surface area contributed by atoms with Crippen LogP contribution in [-0.2, 0) is 9.53 Å². The van der Waals surface area contributed by atoms with Gasteiger partial charge >= 0.3 is 5.97 Å². The van der Waals surface area contributed by atoms with E-state index in [0.717, 1.165) is 6.42 Å². The van der Waals surface area contributed by atoms with E-state index >= 15 is 0 Å². The molecular formula is C9H14O2. The van der Waals surface area contributed by atoms with Crippen LogP contribution in [0.4, 0.5) is 0 Å². The van der Waals surface area contributed by atoms with Gasteiger partial charge in [-0.25, -0.2) is 0 Å². The van der Waals surface area contributed by atoms with E-state index in [9.17, 15) is 4.79 Å². The summed E-state index contributed by atoms with van der Waals surface area (Å²) in [5, 5.41) is 0. The van der Waals surface area contributed by atoms with Crippen molar-refractivity contribution in [2.24, 2.45) is 11.3 Å². The van der Waals surface area contributed by atoms with Crippen molar-refractivity contribution in [3.8, 4) is 0 Å². The molecule has 2 nitrogen and oxygen atoms in total. The Labute approximate surface area is 66.9 Å². The van der Waals surface area contributed by atoms with Crippen molar-refractivity contribution in [1.82, 2.24) is 0 Å². The van der Waals surface area contributed by atoms with E-state index in [1.807, 2.05) is 0 Å². The van der Waals surface area contributed by atoms with E-state index in [1.54, 1.807) is 0 Å². The summed E-state index contributed by atoms with van der Waals surface area (Å²) in [7, 11) is 0. The van der Waals surface area contributed by atoms with Crippen LogP contribution in [0, 0.1) is 11.3 Å². The molecular weight excluding hydrogens is 140 g/mol. The molecule has 2 unspecified atom stereocenters. The first kappa shape index (κ1) is 7.14. The highest BCUT2D eigenvalue weighted by molar-refractivity contribution is 5.78. The average molecular weight is 154 g/mol. The summed E-state index contributed by atoms with van der Waals surface area (Å²) < 4.78 is 5.06. The van der Waals surface area contributed by atoms with Crippen LogP contribution in [0.1, 0.15) is 32.6 Å². The SMILES string of the molecule is CC12CCCCC1COC2=O. The molecule has 0 radical (unpaired) electrons. The maximum Gasteiger partial charge on any atom is 0.312 e. The summed E-state index contributed by atoms with van der Waals surface area (Å²) in [5.41, 5.74) is -0.113. The molecule has 2 atom stereocenters. The summed E-state index contributed by atoms with van der Waals surface area (Å²) in [6, 6.07) is 0. The standard InChI is InChI=1S/C9H14O2/c1-9-5-3-2-4-7(9)6-11-8(9)10/h7H,2-6H2,1H3. The summed E-state index contributed by atoms with van der Waals surface area (Å²) >= 11 is 0. The van der Waals surface area contributed by atoms with E-state index in [2.05, 4.69) is 6.92 Å². The predicted molar refractivity (Wildman–Crippen MR) is 41.0 cm³/mol. The van der Waals surface area contributed by atoms with Crippen molar-refractivity contribution < 1.29 is 9.53 Å². The normalized spacial score (nSPS) is 43.4. The Morgan fingerprint density at radius 2 is 2.36 bits per heavy atom. The topological polar surface area (TPSA) is 26.3 Å². The van der Waals surface area contributed by atoms with Crippen LogP contribution in [0.15, 0.2) is 0 Å². The highest BCUT2D eigenvalue weighted by atomic mass is 16.5. The lowest BCUT2D eigenvalue weighted by atomic mass is 9.69. The first-order valence-corrected chi connectivity index (χ1v) is 4.41. The molecule has 11 heavy (non-hydrogen) atoms. The molecule has 0 aromatic heterocycles. The zero-order chi connectivity index (χ0) is 7.90. The van der Waals surface area contributed by atoms with Crippen molar-refractivity contribution in [3.05, 3.63) is 0 Å². The van der Waals surface area contributed by atoms with Crippen LogP contribution in [-0.4, -0.2) is 12.6 Å². The molecule has 1 aliphatic carbocycles. The summed E-state index contributed by atoms with van der Waals surface area (Å²) in [5.74, 6) is 0.561. The number of hydrogen-bond acceptors (Lipinski definition) is 2. The third-order valence-corrected chi connectivity index (χ3v) is 3.28. The van der Waals surface area contributed by atoms with Gasteiger partial charge in [0.15, 0.2) is 0 Å². The Morgan fingerprint density at radius 3 is 3.09 bits per heavy atom. The van der Waals surface area contributed by atoms with Crippen LogP contribution in [0.5, 0.6) is 0 Å². The number of fused-ring (bicyclic) bond motifs is 1. The van der Waals surface area contributed by atoms with E-state index in [4.69, 9.17) is 4.74 Å². The van der Waals surface area contributed by atoms with Crippen LogP contribution >= 0.6 is 0 Å². The predicted octanol–water partition coefficient (Wildman–Crippen LogP) is 1.74. The zero-order valence-corrected chi connectivity index (χ0v) is 6.93. The number of esters is 1. The molecule has 2 aliphatic rings. The fraction of sp³-hybridized carbons (Fsp3) is 0.889. The molecule has 2 heteroatoms. The van der Waals surface area contributed by atoms with Crippen molar-refractivity contribution >= 4 is 5.97 Å². The highest BCUT2D eigenvalue weighted by Crippen LogP contribution is 2.45. The molecule has 2 rings (SSSR count). The van der Waals surface area contributed by atoms with Gasteiger partial charge in [-0.05, 0) is 19.8 Å². The van der Waals surface area contributed by atoms with Gasteiger partial charge < -0.3 is 4.74 Å².